The summed E-state index contributed by atoms with van der Waals surface area (Å²) in [6.07, 6.45) is 6.47. The van der Waals surface area contributed by atoms with Crippen LogP contribution in [0.3, 0.4) is 0 Å². The van der Waals surface area contributed by atoms with E-state index in [-0.39, 0.29) is 11.7 Å². The largest absolute Gasteiger partial charge is 0.506 e. The quantitative estimate of drug-likeness (QED) is 0.866. The fourth-order valence-corrected chi connectivity index (χ4v) is 3.06. The second-order valence-electron chi connectivity index (χ2n) is 5.37. The number of carbonyl (C=O) groups excluding carboxylic acids is 1. The van der Waals surface area contributed by atoms with Crippen molar-refractivity contribution >= 4 is 5.91 Å². The van der Waals surface area contributed by atoms with Gasteiger partial charge in [0.05, 0.1) is 11.8 Å². The Bertz CT molecular complexity index is 472. The Morgan fingerprint density at radius 2 is 2.05 bits per heavy atom. The fraction of sp³-hybridized carbons (Fsp3) is 0.571. The van der Waals surface area contributed by atoms with E-state index in [1.807, 2.05) is 4.90 Å². The number of rotatable bonds is 2. The number of carbonyl (C=O) groups is 1. The van der Waals surface area contributed by atoms with Gasteiger partial charge < -0.3 is 10.0 Å². The van der Waals surface area contributed by atoms with E-state index < -0.39 is 0 Å². The SMILES string of the molecule is O=C(c1cncc(O)c1)N1CCC(N2CCCC2)C1. The van der Waals surface area contributed by atoms with E-state index in [4.69, 9.17) is 0 Å². The third-order valence-corrected chi connectivity index (χ3v) is 4.08. The third kappa shape index (κ3) is 2.56. The van der Waals surface area contributed by atoms with Gasteiger partial charge in [0, 0.05) is 25.3 Å². The molecule has 2 fully saturated rings. The maximum absolute atomic E-state index is 12.3. The van der Waals surface area contributed by atoms with Gasteiger partial charge in [0.1, 0.15) is 5.75 Å². The molecule has 1 atom stereocenters. The van der Waals surface area contributed by atoms with E-state index in [2.05, 4.69) is 9.88 Å². The maximum atomic E-state index is 12.3. The van der Waals surface area contributed by atoms with Crippen molar-refractivity contribution < 1.29 is 9.90 Å². The molecule has 3 heterocycles. The average Bonchev–Trinajstić information content (AvgIpc) is 3.08. The van der Waals surface area contributed by atoms with Crippen molar-refractivity contribution in [3.8, 4) is 5.75 Å². The Balaban J connectivity index is 1.65. The van der Waals surface area contributed by atoms with E-state index in [9.17, 15) is 9.90 Å². The molecule has 0 aromatic carbocycles. The van der Waals surface area contributed by atoms with Gasteiger partial charge in [-0.2, -0.15) is 0 Å². The smallest absolute Gasteiger partial charge is 0.255 e. The first-order valence-electron chi connectivity index (χ1n) is 6.91. The molecular formula is C14H19N3O2. The molecule has 19 heavy (non-hydrogen) atoms. The standard InChI is InChI=1S/C14H19N3O2/c18-13-7-11(8-15-9-13)14(19)17-6-3-12(10-17)16-4-1-2-5-16/h7-9,12,18H,1-6,10H2. The molecule has 3 rings (SSSR count). The molecule has 2 saturated heterocycles. The lowest BCUT2D eigenvalue weighted by atomic mass is 10.2. The Morgan fingerprint density at radius 3 is 2.79 bits per heavy atom. The van der Waals surface area contributed by atoms with Crippen LogP contribution in [0.2, 0.25) is 0 Å². The normalized spacial score (nSPS) is 24.0. The van der Waals surface area contributed by atoms with Crippen molar-refractivity contribution in [2.24, 2.45) is 0 Å². The first-order chi connectivity index (χ1) is 9.24. The number of hydrogen-bond donors (Lipinski definition) is 1. The first kappa shape index (κ1) is 12.4. The molecule has 0 spiro atoms. The topological polar surface area (TPSA) is 56.7 Å². The Kier molecular flexibility index (Phi) is 3.38. The van der Waals surface area contributed by atoms with E-state index in [0.29, 0.717) is 11.6 Å². The van der Waals surface area contributed by atoms with Crippen molar-refractivity contribution in [2.75, 3.05) is 26.2 Å². The van der Waals surface area contributed by atoms with Gasteiger partial charge in [0.25, 0.3) is 5.91 Å². The predicted octanol–water partition coefficient (Wildman–Crippen LogP) is 1.10. The molecule has 2 aliphatic rings. The van der Waals surface area contributed by atoms with Crippen LogP contribution in [0, 0.1) is 0 Å². The lowest BCUT2D eigenvalue weighted by Gasteiger charge is -2.23. The molecule has 102 valence electrons. The lowest BCUT2D eigenvalue weighted by Crippen LogP contribution is -2.37. The predicted molar refractivity (Wildman–Crippen MR) is 71.0 cm³/mol. The molecule has 5 heteroatoms. The molecule has 1 N–H and O–H groups in total. The summed E-state index contributed by atoms with van der Waals surface area (Å²) in [6.45, 7) is 3.94. The summed E-state index contributed by atoms with van der Waals surface area (Å²) in [6, 6.07) is 2.00. The fourth-order valence-electron chi connectivity index (χ4n) is 3.06. The second-order valence-corrected chi connectivity index (χ2v) is 5.37. The summed E-state index contributed by atoms with van der Waals surface area (Å²) in [4.78, 5) is 20.5. The Morgan fingerprint density at radius 1 is 1.26 bits per heavy atom. The van der Waals surface area contributed by atoms with Gasteiger partial charge in [-0.3, -0.25) is 14.7 Å². The molecule has 5 nitrogen and oxygen atoms in total. The molecule has 1 aromatic heterocycles. The molecule has 1 amide bonds. The van der Waals surface area contributed by atoms with Crippen molar-refractivity contribution in [2.45, 2.75) is 25.3 Å². The number of aromatic nitrogens is 1. The summed E-state index contributed by atoms with van der Waals surface area (Å²) in [5.41, 5.74) is 0.474. The van der Waals surface area contributed by atoms with Crippen LogP contribution < -0.4 is 0 Å². The molecule has 2 aliphatic heterocycles. The van der Waals surface area contributed by atoms with Gasteiger partial charge in [-0.25, -0.2) is 0 Å². The molecule has 1 unspecified atom stereocenters. The first-order valence-corrected chi connectivity index (χ1v) is 6.91. The monoisotopic (exact) mass is 261 g/mol. The molecule has 0 saturated carbocycles. The summed E-state index contributed by atoms with van der Waals surface area (Å²) < 4.78 is 0. The van der Waals surface area contributed by atoms with E-state index in [1.54, 1.807) is 0 Å². The number of amides is 1. The highest BCUT2D eigenvalue weighted by atomic mass is 16.3. The van der Waals surface area contributed by atoms with Crippen molar-refractivity contribution in [1.29, 1.82) is 0 Å². The molecular weight excluding hydrogens is 242 g/mol. The zero-order valence-corrected chi connectivity index (χ0v) is 11.0. The molecule has 0 bridgehead atoms. The van der Waals surface area contributed by atoms with Gasteiger partial charge >= 0.3 is 0 Å². The van der Waals surface area contributed by atoms with Crippen LogP contribution in [0.25, 0.3) is 0 Å². The van der Waals surface area contributed by atoms with Gasteiger partial charge in [-0.1, -0.05) is 0 Å². The summed E-state index contributed by atoms with van der Waals surface area (Å²) in [5, 5.41) is 9.39. The third-order valence-electron chi connectivity index (χ3n) is 4.08. The van der Waals surface area contributed by atoms with Crippen LogP contribution in [0.4, 0.5) is 0 Å². The van der Waals surface area contributed by atoms with E-state index in [1.165, 1.54) is 44.4 Å². The summed E-state index contributed by atoms with van der Waals surface area (Å²) >= 11 is 0. The minimum Gasteiger partial charge on any atom is -0.506 e. The molecule has 1 aromatic rings. The van der Waals surface area contributed by atoms with Crippen LogP contribution >= 0.6 is 0 Å². The maximum Gasteiger partial charge on any atom is 0.255 e. The van der Waals surface area contributed by atoms with Gasteiger partial charge in [-0.05, 0) is 38.4 Å². The number of aromatic hydroxyl groups is 1. The Hall–Kier alpha value is -1.62. The van der Waals surface area contributed by atoms with Crippen LogP contribution in [0.5, 0.6) is 5.75 Å². The van der Waals surface area contributed by atoms with Gasteiger partial charge in [0.2, 0.25) is 0 Å². The zero-order valence-electron chi connectivity index (χ0n) is 11.0. The Labute approximate surface area is 112 Å². The van der Waals surface area contributed by atoms with Crippen LogP contribution in [-0.2, 0) is 0 Å². The zero-order chi connectivity index (χ0) is 13.2. The van der Waals surface area contributed by atoms with Crippen molar-refractivity contribution in [3.63, 3.8) is 0 Å². The lowest BCUT2D eigenvalue weighted by molar-refractivity contribution is 0.0779. The highest BCUT2D eigenvalue weighted by Gasteiger charge is 2.31. The van der Waals surface area contributed by atoms with Crippen LogP contribution in [-0.4, -0.2) is 58.0 Å². The number of likely N-dealkylation sites (tertiary alicyclic amines) is 2. The van der Waals surface area contributed by atoms with Gasteiger partial charge in [0.15, 0.2) is 0 Å². The van der Waals surface area contributed by atoms with Crippen LogP contribution in [0.1, 0.15) is 29.6 Å². The molecule has 0 aliphatic carbocycles. The summed E-state index contributed by atoms with van der Waals surface area (Å²) in [7, 11) is 0. The van der Waals surface area contributed by atoms with Crippen LogP contribution in [0.15, 0.2) is 18.5 Å². The number of hydrogen-bond acceptors (Lipinski definition) is 4. The second kappa shape index (κ2) is 5.17. The van der Waals surface area contributed by atoms with Gasteiger partial charge in [-0.15, -0.1) is 0 Å². The van der Waals surface area contributed by atoms with Crippen molar-refractivity contribution in [1.82, 2.24) is 14.8 Å². The number of nitrogens with zero attached hydrogens (tertiary/aromatic N) is 3. The minimum absolute atomic E-state index is 0.0231. The summed E-state index contributed by atoms with van der Waals surface area (Å²) in [5.74, 6) is 0.0197. The highest BCUT2D eigenvalue weighted by Crippen LogP contribution is 2.22. The number of pyridine rings is 1. The average molecular weight is 261 g/mol. The van der Waals surface area contributed by atoms with Crippen molar-refractivity contribution in [3.05, 3.63) is 24.0 Å². The minimum atomic E-state index is -0.0231. The van der Waals surface area contributed by atoms with E-state index in [0.717, 1.165) is 19.5 Å². The van der Waals surface area contributed by atoms with E-state index >= 15 is 0 Å². The highest BCUT2D eigenvalue weighted by molar-refractivity contribution is 5.94. The molecule has 0 radical (unpaired) electrons.